The topological polar surface area (TPSA) is 26.3 Å². The van der Waals surface area contributed by atoms with Gasteiger partial charge in [-0.1, -0.05) is 15.9 Å². The molecule has 0 aromatic rings. The van der Waals surface area contributed by atoms with Gasteiger partial charge in [-0.05, 0) is 6.92 Å². The molecule has 2 nitrogen and oxygen atoms in total. The summed E-state index contributed by atoms with van der Waals surface area (Å²) in [5, 5.41) is 0. The normalized spacial score (nSPS) is 16.8. The van der Waals surface area contributed by atoms with Crippen molar-refractivity contribution in [2.75, 3.05) is 7.11 Å². The van der Waals surface area contributed by atoms with E-state index in [0.29, 0.717) is 0 Å². The van der Waals surface area contributed by atoms with Crippen LogP contribution in [-0.4, -0.2) is 23.6 Å². The van der Waals surface area contributed by atoms with E-state index in [1.54, 1.807) is 0 Å². The molecule has 0 aromatic heterocycles. The lowest BCUT2D eigenvalue weighted by molar-refractivity contribution is -0.159. The minimum Gasteiger partial charge on any atom is -0.468 e. The number of methoxy groups -OCH3 is 1. The lowest BCUT2D eigenvalue weighted by Gasteiger charge is -2.20. The van der Waals surface area contributed by atoms with Crippen LogP contribution in [0.25, 0.3) is 0 Å². The molecule has 0 aromatic carbocycles. The smallest absolute Gasteiger partial charge is 0.391 e. The zero-order valence-electron chi connectivity index (χ0n) is 6.54. The third-order valence-electron chi connectivity index (χ3n) is 1.14. The highest BCUT2D eigenvalue weighted by atomic mass is 79.9. The zero-order chi connectivity index (χ0) is 9.99. The highest BCUT2D eigenvalue weighted by Crippen LogP contribution is 2.33. The summed E-state index contributed by atoms with van der Waals surface area (Å²) in [6.45, 7) is 1.12. The fraction of sp³-hybridized carbons (Fsp3) is 0.833. The molecule has 0 heterocycles. The fourth-order valence-corrected chi connectivity index (χ4v) is 1.14. The van der Waals surface area contributed by atoms with Crippen molar-refractivity contribution in [3.8, 4) is 0 Å². The van der Waals surface area contributed by atoms with Crippen LogP contribution in [-0.2, 0) is 9.53 Å². The van der Waals surface area contributed by atoms with Gasteiger partial charge in [0.2, 0.25) is 0 Å². The van der Waals surface area contributed by atoms with Crippen LogP contribution < -0.4 is 0 Å². The van der Waals surface area contributed by atoms with Crippen LogP contribution in [0.1, 0.15) is 13.3 Å². The third-order valence-corrected chi connectivity index (χ3v) is 1.75. The van der Waals surface area contributed by atoms with Gasteiger partial charge in [-0.25, -0.2) is 0 Å². The van der Waals surface area contributed by atoms with Gasteiger partial charge in [-0.2, -0.15) is 13.2 Å². The van der Waals surface area contributed by atoms with Crippen LogP contribution in [0.5, 0.6) is 0 Å². The average Bonchev–Trinajstić information content (AvgIpc) is 1.80. The second kappa shape index (κ2) is 3.64. The molecule has 6 heteroatoms. The molecule has 0 saturated carbocycles. The van der Waals surface area contributed by atoms with Crippen molar-refractivity contribution in [2.45, 2.75) is 23.8 Å². The van der Waals surface area contributed by atoms with Gasteiger partial charge >= 0.3 is 12.1 Å². The molecule has 0 aliphatic heterocycles. The fourth-order valence-electron chi connectivity index (χ4n) is 0.661. The lowest BCUT2D eigenvalue weighted by atomic mass is 10.1. The Bertz CT molecular complexity index is 176. The van der Waals surface area contributed by atoms with E-state index in [0.717, 1.165) is 14.0 Å². The number of esters is 1. The molecule has 0 radical (unpaired) electrons. The highest BCUT2D eigenvalue weighted by Gasteiger charge is 2.43. The Kier molecular flexibility index (Phi) is 3.56. The highest BCUT2D eigenvalue weighted by molar-refractivity contribution is 9.10. The van der Waals surface area contributed by atoms with Gasteiger partial charge in [0.05, 0.1) is 13.5 Å². The second-order valence-electron chi connectivity index (χ2n) is 2.48. The summed E-state index contributed by atoms with van der Waals surface area (Å²) in [6, 6.07) is 0. The Morgan fingerprint density at radius 3 is 2.17 bits per heavy atom. The van der Waals surface area contributed by atoms with Crippen molar-refractivity contribution in [1.82, 2.24) is 0 Å². The molecule has 0 amide bonds. The minimum absolute atomic E-state index is 0.931. The molecule has 1 unspecified atom stereocenters. The van der Waals surface area contributed by atoms with Crippen LogP contribution in [0.15, 0.2) is 0 Å². The van der Waals surface area contributed by atoms with Crippen LogP contribution in [0, 0.1) is 0 Å². The molecule has 0 N–H and O–H groups in total. The monoisotopic (exact) mass is 248 g/mol. The molecule has 0 aliphatic carbocycles. The first-order valence-corrected chi connectivity index (χ1v) is 3.82. The summed E-state index contributed by atoms with van der Waals surface area (Å²) in [6.07, 6.45) is -5.63. The quantitative estimate of drug-likeness (QED) is 0.554. The summed E-state index contributed by atoms with van der Waals surface area (Å²) >= 11 is 2.65. The number of halogens is 4. The molecule has 1 atom stereocenters. The summed E-state index contributed by atoms with van der Waals surface area (Å²) in [7, 11) is 1.04. The Morgan fingerprint density at radius 2 is 1.92 bits per heavy atom. The van der Waals surface area contributed by atoms with Gasteiger partial charge in [0.15, 0.2) is 0 Å². The van der Waals surface area contributed by atoms with Crippen molar-refractivity contribution in [1.29, 1.82) is 0 Å². The first kappa shape index (κ1) is 11.7. The molecule has 0 saturated heterocycles. The largest absolute Gasteiger partial charge is 0.468 e. The van der Waals surface area contributed by atoms with Gasteiger partial charge in [0, 0.05) is 0 Å². The van der Waals surface area contributed by atoms with Crippen molar-refractivity contribution >= 4 is 21.9 Å². The second-order valence-corrected chi connectivity index (χ2v) is 4.23. The number of alkyl halides is 4. The van der Waals surface area contributed by atoms with Crippen LogP contribution in [0.4, 0.5) is 13.2 Å². The molecule has 0 spiro atoms. The zero-order valence-corrected chi connectivity index (χ0v) is 8.12. The van der Waals surface area contributed by atoms with E-state index in [1.165, 1.54) is 0 Å². The number of hydrogen-bond donors (Lipinski definition) is 0. The number of carbonyl (C=O) groups is 1. The standard InChI is InChI=1S/C6H8BrF3O2/c1-5(7,4(11)12-2)3-6(8,9)10/h3H2,1-2H3. The Hall–Kier alpha value is -0.260. The average molecular weight is 249 g/mol. The van der Waals surface area contributed by atoms with E-state index in [9.17, 15) is 18.0 Å². The van der Waals surface area contributed by atoms with E-state index < -0.39 is 22.9 Å². The van der Waals surface area contributed by atoms with Crippen LogP contribution in [0.3, 0.4) is 0 Å². The SMILES string of the molecule is COC(=O)C(C)(Br)CC(F)(F)F. The molecule has 12 heavy (non-hydrogen) atoms. The maximum atomic E-state index is 11.8. The Balaban J connectivity index is 4.32. The molecule has 0 fully saturated rings. The summed E-state index contributed by atoms with van der Waals surface area (Å²) in [5.41, 5.74) is 0. The number of rotatable bonds is 2. The van der Waals surface area contributed by atoms with Crippen LogP contribution >= 0.6 is 15.9 Å². The van der Waals surface area contributed by atoms with Gasteiger partial charge in [-0.3, -0.25) is 4.79 Å². The van der Waals surface area contributed by atoms with E-state index in [2.05, 4.69) is 20.7 Å². The van der Waals surface area contributed by atoms with Gasteiger partial charge < -0.3 is 4.74 Å². The first-order chi connectivity index (χ1) is 5.19. The summed E-state index contributed by atoms with van der Waals surface area (Å²) < 4.78 is 37.9. The third kappa shape index (κ3) is 3.94. The van der Waals surface area contributed by atoms with E-state index in [-0.39, 0.29) is 0 Å². The maximum absolute atomic E-state index is 11.8. The van der Waals surface area contributed by atoms with Crippen molar-refractivity contribution in [2.24, 2.45) is 0 Å². The van der Waals surface area contributed by atoms with E-state index in [4.69, 9.17) is 0 Å². The molecule has 0 rings (SSSR count). The van der Waals surface area contributed by atoms with Crippen molar-refractivity contribution in [3.63, 3.8) is 0 Å². The summed E-state index contributed by atoms with van der Waals surface area (Å²) in [5.74, 6) is -0.931. The molecular formula is C6H8BrF3O2. The molecule has 72 valence electrons. The van der Waals surface area contributed by atoms with Gasteiger partial charge in [0.1, 0.15) is 4.32 Å². The van der Waals surface area contributed by atoms with Crippen molar-refractivity contribution in [3.05, 3.63) is 0 Å². The Labute approximate surface area is 76.2 Å². The molecule has 0 aliphatic rings. The minimum atomic E-state index is -4.38. The molecule has 0 bridgehead atoms. The summed E-state index contributed by atoms with van der Waals surface area (Å²) in [4.78, 5) is 10.7. The maximum Gasteiger partial charge on any atom is 0.391 e. The van der Waals surface area contributed by atoms with E-state index in [1.807, 2.05) is 0 Å². The predicted molar refractivity (Wildman–Crippen MR) is 40.0 cm³/mol. The molecular weight excluding hydrogens is 241 g/mol. The lowest BCUT2D eigenvalue weighted by Crippen LogP contribution is -2.34. The van der Waals surface area contributed by atoms with Crippen LogP contribution in [0.2, 0.25) is 0 Å². The van der Waals surface area contributed by atoms with Gasteiger partial charge in [0.25, 0.3) is 0 Å². The number of ether oxygens (including phenoxy) is 1. The van der Waals surface area contributed by atoms with E-state index >= 15 is 0 Å². The predicted octanol–water partition coefficient (Wildman–Crippen LogP) is 2.27. The number of hydrogen-bond acceptors (Lipinski definition) is 2. The first-order valence-electron chi connectivity index (χ1n) is 3.03. The van der Waals surface area contributed by atoms with Crippen molar-refractivity contribution < 1.29 is 22.7 Å². The number of carbonyl (C=O) groups excluding carboxylic acids is 1. The van der Waals surface area contributed by atoms with Gasteiger partial charge in [-0.15, -0.1) is 0 Å². The Morgan fingerprint density at radius 1 is 1.50 bits per heavy atom.